The molecule has 3 nitrogen and oxygen atoms in total. The van der Waals surface area contributed by atoms with Crippen molar-refractivity contribution in [2.75, 3.05) is 0 Å². The molecule has 0 radical (unpaired) electrons. The van der Waals surface area contributed by atoms with E-state index in [1.807, 2.05) is 24.3 Å². The Labute approximate surface area is 108 Å². The Balaban J connectivity index is 1.96. The smallest absolute Gasteiger partial charge is 0.323 e. The summed E-state index contributed by atoms with van der Waals surface area (Å²) in [4.78, 5) is 11.1. The molecule has 1 aromatic rings. The molecule has 1 aliphatic rings. The van der Waals surface area contributed by atoms with Crippen molar-refractivity contribution >= 4 is 28.6 Å². The van der Waals surface area contributed by atoms with Crippen molar-refractivity contribution in [2.24, 2.45) is 0 Å². The number of carboxylic acids is 1. The maximum atomic E-state index is 11.1. The molecule has 0 heterocycles. The van der Waals surface area contributed by atoms with Crippen LogP contribution >= 0.6 is 22.6 Å². The molecular formula is C12H14INO2. The molecule has 0 amide bonds. The van der Waals surface area contributed by atoms with Crippen LogP contribution in [0.5, 0.6) is 0 Å². The molecule has 86 valence electrons. The predicted molar refractivity (Wildman–Crippen MR) is 70.2 cm³/mol. The molecule has 0 saturated heterocycles. The average Bonchev–Trinajstić information content (AvgIpc) is 2.18. The van der Waals surface area contributed by atoms with Gasteiger partial charge in [-0.15, -0.1) is 0 Å². The summed E-state index contributed by atoms with van der Waals surface area (Å²) in [5.74, 6) is -0.718. The van der Waals surface area contributed by atoms with E-state index >= 15 is 0 Å². The number of aliphatic carboxylic acids is 1. The lowest BCUT2D eigenvalue weighted by atomic mass is 9.76. The van der Waals surface area contributed by atoms with Crippen LogP contribution in [-0.4, -0.2) is 16.6 Å². The van der Waals surface area contributed by atoms with Crippen molar-refractivity contribution in [3.8, 4) is 0 Å². The van der Waals surface area contributed by atoms with Crippen LogP contribution in [0.15, 0.2) is 24.3 Å². The molecule has 2 rings (SSSR count). The summed E-state index contributed by atoms with van der Waals surface area (Å²) in [6.07, 6.45) is 2.49. The molecule has 1 aliphatic carbocycles. The standard InChI is InChI=1S/C12H14INO2/c13-10-4-2-9(3-5-10)8-14-12(11(15)16)6-1-7-12/h2-5,14H,1,6-8H2,(H,15,16). The van der Waals surface area contributed by atoms with E-state index in [2.05, 4.69) is 27.9 Å². The lowest BCUT2D eigenvalue weighted by Gasteiger charge is -2.38. The zero-order chi connectivity index (χ0) is 11.6. The van der Waals surface area contributed by atoms with Crippen molar-refractivity contribution in [3.05, 3.63) is 33.4 Å². The van der Waals surface area contributed by atoms with Gasteiger partial charge >= 0.3 is 5.97 Å². The van der Waals surface area contributed by atoms with Gasteiger partial charge in [0.25, 0.3) is 0 Å². The van der Waals surface area contributed by atoms with Gasteiger partial charge in [-0.25, -0.2) is 0 Å². The van der Waals surface area contributed by atoms with Gasteiger partial charge < -0.3 is 5.11 Å². The Morgan fingerprint density at radius 3 is 2.44 bits per heavy atom. The highest BCUT2D eigenvalue weighted by Crippen LogP contribution is 2.32. The summed E-state index contributed by atoms with van der Waals surface area (Å²) in [6, 6.07) is 8.13. The number of carbonyl (C=O) groups is 1. The lowest BCUT2D eigenvalue weighted by Crippen LogP contribution is -2.56. The van der Waals surface area contributed by atoms with Crippen LogP contribution < -0.4 is 5.32 Å². The van der Waals surface area contributed by atoms with Crippen molar-refractivity contribution in [3.63, 3.8) is 0 Å². The third-order valence-corrected chi connectivity index (χ3v) is 3.88. The maximum Gasteiger partial charge on any atom is 0.323 e. The Morgan fingerprint density at radius 2 is 2.00 bits per heavy atom. The average molecular weight is 331 g/mol. The van der Waals surface area contributed by atoms with Gasteiger partial charge in [-0.1, -0.05) is 12.1 Å². The Morgan fingerprint density at radius 1 is 1.38 bits per heavy atom. The number of halogens is 1. The topological polar surface area (TPSA) is 49.3 Å². The molecule has 16 heavy (non-hydrogen) atoms. The quantitative estimate of drug-likeness (QED) is 0.833. The van der Waals surface area contributed by atoms with Crippen molar-refractivity contribution in [1.29, 1.82) is 0 Å². The minimum atomic E-state index is -0.718. The second-order valence-corrected chi connectivity index (χ2v) is 5.47. The van der Waals surface area contributed by atoms with Crippen molar-refractivity contribution in [1.82, 2.24) is 5.32 Å². The molecule has 0 aromatic heterocycles. The number of benzene rings is 1. The first-order chi connectivity index (χ1) is 7.62. The van der Waals surface area contributed by atoms with Gasteiger partial charge in [0, 0.05) is 10.1 Å². The molecule has 4 heteroatoms. The van der Waals surface area contributed by atoms with E-state index in [4.69, 9.17) is 5.11 Å². The Kier molecular flexibility index (Phi) is 3.49. The molecule has 1 fully saturated rings. The molecule has 0 unspecified atom stereocenters. The summed E-state index contributed by atoms with van der Waals surface area (Å²) in [5, 5.41) is 12.3. The van der Waals surface area contributed by atoms with Crippen LogP contribution in [0.25, 0.3) is 0 Å². The number of nitrogens with one attached hydrogen (secondary N) is 1. The highest BCUT2D eigenvalue weighted by molar-refractivity contribution is 14.1. The van der Waals surface area contributed by atoms with Crippen LogP contribution in [0, 0.1) is 3.57 Å². The normalized spacial score (nSPS) is 17.8. The van der Waals surface area contributed by atoms with Crippen LogP contribution in [-0.2, 0) is 11.3 Å². The minimum absolute atomic E-state index is 0.628. The summed E-state index contributed by atoms with van der Waals surface area (Å²) in [5.41, 5.74) is 0.469. The fourth-order valence-electron chi connectivity index (χ4n) is 1.87. The van der Waals surface area contributed by atoms with E-state index < -0.39 is 11.5 Å². The van der Waals surface area contributed by atoms with Gasteiger partial charge in [0.05, 0.1) is 0 Å². The van der Waals surface area contributed by atoms with Gasteiger partial charge in [-0.05, 0) is 59.5 Å². The van der Waals surface area contributed by atoms with Gasteiger partial charge in [0.2, 0.25) is 0 Å². The van der Waals surface area contributed by atoms with E-state index in [0.717, 1.165) is 24.8 Å². The number of rotatable bonds is 4. The van der Waals surface area contributed by atoms with E-state index in [-0.39, 0.29) is 0 Å². The molecular weight excluding hydrogens is 317 g/mol. The molecule has 0 spiro atoms. The van der Waals surface area contributed by atoms with Gasteiger partial charge in [0.15, 0.2) is 0 Å². The molecule has 0 atom stereocenters. The third kappa shape index (κ3) is 2.38. The van der Waals surface area contributed by atoms with Gasteiger partial charge in [-0.2, -0.15) is 0 Å². The lowest BCUT2D eigenvalue weighted by molar-refractivity contribution is -0.148. The van der Waals surface area contributed by atoms with Gasteiger partial charge in [0.1, 0.15) is 5.54 Å². The number of hydrogen-bond donors (Lipinski definition) is 2. The van der Waals surface area contributed by atoms with Crippen LogP contribution in [0.3, 0.4) is 0 Å². The van der Waals surface area contributed by atoms with E-state index in [9.17, 15) is 4.79 Å². The summed E-state index contributed by atoms with van der Waals surface area (Å²) < 4.78 is 1.19. The van der Waals surface area contributed by atoms with Gasteiger partial charge in [-0.3, -0.25) is 10.1 Å². The first-order valence-electron chi connectivity index (χ1n) is 5.35. The first-order valence-corrected chi connectivity index (χ1v) is 6.43. The van der Waals surface area contributed by atoms with Crippen molar-refractivity contribution < 1.29 is 9.90 Å². The van der Waals surface area contributed by atoms with Crippen molar-refractivity contribution in [2.45, 2.75) is 31.3 Å². The second-order valence-electron chi connectivity index (χ2n) is 4.22. The van der Waals surface area contributed by atoms with E-state index in [1.54, 1.807) is 0 Å². The summed E-state index contributed by atoms with van der Waals surface area (Å²) in [7, 11) is 0. The number of hydrogen-bond acceptors (Lipinski definition) is 2. The fourth-order valence-corrected chi connectivity index (χ4v) is 2.23. The zero-order valence-corrected chi connectivity index (χ0v) is 11.0. The minimum Gasteiger partial charge on any atom is -0.480 e. The predicted octanol–water partition coefficient (Wildman–Crippen LogP) is 2.39. The summed E-state index contributed by atoms with van der Waals surface area (Å²) >= 11 is 2.26. The van der Waals surface area contributed by atoms with Crippen LogP contribution in [0.4, 0.5) is 0 Å². The van der Waals surface area contributed by atoms with E-state index in [0.29, 0.717) is 6.54 Å². The third-order valence-electron chi connectivity index (χ3n) is 3.16. The molecule has 1 saturated carbocycles. The summed E-state index contributed by atoms with van der Waals surface area (Å²) in [6.45, 7) is 0.628. The van der Waals surface area contributed by atoms with Crippen LogP contribution in [0.1, 0.15) is 24.8 Å². The monoisotopic (exact) mass is 331 g/mol. The molecule has 0 aliphatic heterocycles. The fraction of sp³-hybridized carbons (Fsp3) is 0.417. The van der Waals surface area contributed by atoms with Crippen LogP contribution in [0.2, 0.25) is 0 Å². The maximum absolute atomic E-state index is 11.1. The molecule has 1 aromatic carbocycles. The first kappa shape index (κ1) is 11.9. The zero-order valence-electron chi connectivity index (χ0n) is 8.87. The molecule has 2 N–H and O–H groups in total. The Bertz CT molecular complexity index is 385. The highest BCUT2D eigenvalue weighted by atomic mass is 127. The largest absolute Gasteiger partial charge is 0.480 e. The second kappa shape index (κ2) is 4.71. The van der Waals surface area contributed by atoms with E-state index in [1.165, 1.54) is 3.57 Å². The SMILES string of the molecule is O=C(O)C1(NCc2ccc(I)cc2)CCC1. The Hall–Kier alpha value is -0.620. The molecule has 0 bridgehead atoms. The highest BCUT2D eigenvalue weighted by Gasteiger charge is 2.43. The number of carboxylic acid groups (broad SMARTS) is 1.